The molecule has 2 N–H and O–H groups in total. The van der Waals surface area contributed by atoms with Crippen molar-refractivity contribution in [2.24, 2.45) is 5.92 Å². The number of hydrogen-bond donors (Lipinski definition) is 2. The van der Waals surface area contributed by atoms with Crippen LogP contribution in [0.2, 0.25) is 0 Å². The highest BCUT2D eigenvalue weighted by Gasteiger charge is 2.19. The van der Waals surface area contributed by atoms with Crippen LogP contribution < -0.4 is 15.1 Å². The van der Waals surface area contributed by atoms with E-state index < -0.39 is 0 Å². The highest BCUT2D eigenvalue weighted by molar-refractivity contribution is 5.87. The van der Waals surface area contributed by atoms with Gasteiger partial charge in [-0.2, -0.15) is 0 Å². The first-order chi connectivity index (χ1) is 14.7. The van der Waals surface area contributed by atoms with E-state index in [-0.39, 0.29) is 0 Å². The molecular formula is C24H38N6. The third-order valence-electron chi connectivity index (χ3n) is 5.40. The van der Waals surface area contributed by atoms with Crippen molar-refractivity contribution in [1.29, 1.82) is 5.41 Å². The van der Waals surface area contributed by atoms with E-state index in [1.165, 1.54) is 24.7 Å². The number of anilines is 2. The Morgan fingerprint density at radius 3 is 2.43 bits per heavy atom. The Hall–Kier alpha value is -2.47. The van der Waals surface area contributed by atoms with Crippen LogP contribution in [0, 0.1) is 18.3 Å². The summed E-state index contributed by atoms with van der Waals surface area (Å²) < 4.78 is 0. The zero-order valence-electron chi connectivity index (χ0n) is 19.1. The van der Waals surface area contributed by atoms with Crippen molar-refractivity contribution in [1.82, 2.24) is 15.3 Å². The minimum Gasteiger partial charge on any atom is -0.371 e. The largest absolute Gasteiger partial charge is 0.371 e. The van der Waals surface area contributed by atoms with Crippen LogP contribution in [-0.2, 0) is 0 Å². The van der Waals surface area contributed by atoms with Gasteiger partial charge in [0.2, 0.25) is 0 Å². The van der Waals surface area contributed by atoms with Crippen LogP contribution >= 0.6 is 0 Å². The van der Waals surface area contributed by atoms with Crippen LogP contribution in [0.4, 0.5) is 11.5 Å². The smallest absolute Gasteiger partial charge is 0.128 e. The van der Waals surface area contributed by atoms with E-state index in [0.29, 0.717) is 0 Å². The van der Waals surface area contributed by atoms with E-state index in [1.807, 2.05) is 51.4 Å². The third-order valence-corrected chi connectivity index (χ3v) is 5.40. The molecule has 0 saturated carbocycles. The van der Waals surface area contributed by atoms with Gasteiger partial charge < -0.3 is 20.5 Å². The molecule has 164 valence electrons. The Kier molecular flexibility index (Phi) is 10.3. The summed E-state index contributed by atoms with van der Waals surface area (Å²) in [6, 6.07) is 8.08. The van der Waals surface area contributed by atoms with Crippen LogP contribution in [0.3, 0.4) is 0 Å². The highest BCUT2D eigenvalue weighted by Crippen LogP contribution is 2.26. The quantitative estimate of drug-likeness (QED) is 0.744. The Bertz CT molecular complexity index is 743. The van der Waals surface area contributed by atoms with Gasteiger partial charge in [0.25, 0.3) is 0 Å². The summed E-state index contributed by atoms with van der Waals surface area (Å²) >= 11 is 0. The lowest BCUT2D eigenvalue weighted by Gasteiger charge is -2.33. The lowest BCUT2D eigenvalue weighted by Crippen LogP contribution is -2.43. The van der Waals surface area contributed by atoms with Crippen LogP contribution in [0.25, 0.3) is 0 Å². The molecule has 0 amide bonds. The van der Waals surface area contributed by atoms with Crippen LogP contribution in [-0.4, -0.2) is 55.5 Å². The van der Waals surface area contributed by atoms with E-state index in [1.54, 1.807) is 0 Å². The van der Waals surface area contributed by atoms with E-state index >= 15 is 0 Å². The van der Waals surface area contributed by atoms with Crippen LogP contribution in [0.15, 0.2) is 36.7 Å². The third kappa shape index (κ3) is 6.80. The Balaban J connectivity index is 0.000000204. The van der Waals surface area contributed by atoms with Crippen molar-refractivity contribution in [2.75, 3.05) is 49.1 Å². The molecule has 2 saturated heterocycles. The van der Waals surface area contributed by atoms with Gasteiger partial charge in [0.15, 0.2) is 0 Å². The maximum Gasteiger partial charge on any atom is 0.128 e. The van der Waals surface area contributed by atoms with Gasteiger partial charge in [0.05, 0.1) is 0 Å². The maximum atomic E-state index is 7.50. The number of piperazine rings is 1. The Labute approximate surface area is 182 Å². The van der Waals surface area contributed by atoms with Gasteiger partial charge in [-0.15, -0.1) is 0 Å². The number of nitrogens with zero attached hydrogens (tertiary/aromatic N) is 4. The van der Waals surface area contributed by atoms with E-state index in [2.05, 4.69) is 38.1 Å². The summed E-state index contributed by atoms with van der Waals surface area (Å²) in [5.41, 5.74) is 3.09. The summed E-state index contributed by atoms with van der Waals surface area (Å²) in [5, 5.41) is 10.8. The minimum atomic E-state index is 0.751. The first-order valence-electron chi connectivity index (χ1n) is 11.3. The normalized spacial score (nSPS) is 18.5. The average molecular weight is 411 g/mol. The van der Waals surface area contributed by atoms with Gasteiger partial charge in [-0.3, -0.25) is 4.98 Å². The van der Waals surface area contributed by atoms with Gasteiger partial charge >= 0.3 is 0 Å². The van der Waals surface area contributed by atoms with Gasteiger partial charge in [0, 0.05) is 74.8 Å². The van der Waals surface area contributed by atoms with Crippen molar-refractivity contribution >= 4 is 17.7 Å². The lowest BCUT2D eigenvalue weighted by atomic mass is 9.99. The van der Waals surface area contributed by atoms with Crippen molar-refractivity contribution in [2.45, 2.75) is 40.5 Å². The zero-order valence-corrected chi connectivity index (χ0v) is 19.1. The zero-order chi connectivity index (χ0) is 21.8. The first kappa shape index (κ1) is 23.8. The molecule has 0 radical (unpaired) electrons. The second kappa shape index (κ2) is 13.0. The molecule has 2 fully saturated rings. The summed E-state index contributed by atoms with van der Waals surface area (Å²) in [6.45, 7) is 14.7. The molecule has 0 bridgehead atoms. The standard InChI is InChI=1S/C13H19N3.C9H13N3.C2H6/c1-10-4-3-7-16(9-10)13-5-6-15-11(2)12(13)8-14;1-2-4-11-9(3-1)12-7-5-10-6-8-12;1-2/h5-6,8,10,14H,3-4,7,9H2,1-2H3;1-4,10H,5-8H2;1-2H3. The molecule has 4 heterocycles. The van der Waals surface area contributed by atoms with E-state index in [9.17, 15) is 0 Å². The molecule has 6 heteroatoms. The number of hydrogen-bond acceptors (Lipinski definition) is 6. The fourth-order valence-electron chi connectivity index (χ4n) is 3.86. The van der Waals surface area contributed by atoms with Gasteiger partial charge in [0.1, 0.15) is 5.82 Å². The molecule has 30 heavy (non-hydrogen) atoms. The number of nitrogens with one attached hydrogen (secondary N) is 2. The van der Waals surface area contributed by atoms with Crippen molar-refractivity contribution < 1.29 is 0 Å². The molecular weight excluding hydrogens is 372 g/mol. The van der Waals surface area contributed by atoms with Gasteiger partial charge in [-0.05, 0) is 43.9 Å². The summed E-state index contributed by atoms with van der Waals surface area (Å²) in [6.07, 6.45) is 7.69. The molecule has 1 atom stereocenters. The van der Waals surface area contributed by atoms with Crippen LogP contribution in [0.5, 0.6) is 0 Å². The molecule has 2 aromatic heterocycles. The number of piperidine rings is 1. The molecule has 6 nitrogen and oxygen atoms in total. The minimum absolute atomic E-state index is 0.751. The number of rotatable bonds is 3. The number of pyridine rings is 2. The number of aryl methyl sites for hydroxylation is 1. The molecule has 0 spiro atoms. The molecule has 0 aromatic carbocycles. The second-order valence-electron chi connectivity index (χ2n) is 7.59. The highest BCUT2D eigenvalue weighted by atomic mass is 15.2. The van der Waals surface area contributed by atoms with Crippen LogP contribution in [0.1, 0.15) is 44.9 Å². The molecule has 1 unspecified atom stereocenters. The molecule has 2 aliphatic heterocycles. The van der Waals surface area contributed by atoms with Gasteiger partial charge in [-0.1, -0.05) is 26.8 Å². The Morgan fingerprint density at radius 2 is 1.80 bits per heavy atom. The molecule has 4 rings (SSSR count). The van der Waals surface area contributed by atoms with Crippen molar-refractivity contribution in [3.63, 3.8) is 0 Å². The predicted octanol–water partition coefficient (Wildman–Crippen LogP) is 4.14. The van der Waals surface area contributed by atoms with E-state index in [0.717, 1.165) is 62.3 Å². The molecule has 2 aliphatic rings. The van der Waals surface area contributed by atoms with E-state index in [4.69, 9.17) is 5.41 Å². The van der Waals surface area contributed by atoms with Gasteiger partial charge in [-0.25, -0.2) is 4.98 Å². The maximum absolute atomic E-state index is 7.50. The Morgan fingerprint density at radius 1 is 1.03 bits per heavy atom. The monoisotopic (exact) mass is 410 g/mol. The fraction of sp³-hybridized carbons (Fsp3) is 0.542. The average Bonchev–Trinajstić information content (AvgIpc) is 2.82. The predicted molar refractivity (Wildman–Crippen MR) is 128 cm³/mol. The summed E-state index contributed by atoms with van der Waals surface area (Å²) in [7, 11) is 0. The van der Waals surface area contributed by atoms with Crippen molar-refractivity contribution in [3.8, 4) is 0 Å². The molecule has 0 aliphatic carbocycles. The summed E-state index contributed by atoms with van der Waals surface area (Å²) in [4.78, 5) is 13.2. The second-order valence-corrected chi connectivity index (χ2v) is 7.59. The molecule has 2 aromatic rings. The first-order valence-corrected chi connectivity index (χ1v) is 11.3. The lowest BCUT2D eigenvalue weighted by molar-refractivity contribution is 0.446. The van der Waals surface area contributed by atoms with Crippen molar-refractivity contribution in [3.05, 3.63) is 47.9 Å². The number of aromatic nitrogens is 2. The topological polar surface area (TPSA) is 68.1 Å². The fourth-order valence-corrected chi connectivity index (χ4v) is 3.86. The summed E-state index contributed by atoms with van der Waals surface area (Å²) in [5.74, 6) is 1.85. The SMILES string of the molecule is CC.Cc1nccc(N2CCCC(C)C2)c1C=N.c1ccc(N2CCNCC2)nc1.